The van der Waals surface area contributed by atoms with Gasteiger partial charge in [-0.25, -0.2) is 4.39 Å². The second-order valence-electron chi connectivity index (χ2n) is 6.33. The maximum absolute atomic E-state index is 13.6. The van der Waals surface area contributed by atoms with Crippen LogP contribution in [0.2, 0.25) is 0 Å². The first-order valence-electron chi connectivity index (χ1n) is 8.56. The van der Waals surface area contributed by atoms with Crippen molar-refractivity contribution < 1.29 is 14.2 Å². The zero-order valence-electron chi connectivity index (χ0n) is 13.8. The Balaban J connectivity index is 1.56. The fraction of sp³-hybridized carbons (Fsp3) is 0.400. The number of hydrogen-bond acceptors (Lipinski definition) is 3. The molecular weight excluding hydrogens is 305 g/mol. The molecule has 1 atom stereocenters. The highest BCUT2D eigenvalue weighted by Crippen LogP contribution is 2.22. The molecule has 0 radical (unpaired) electrons. The minimum atomic E-state index is -0.229. The molecule has 4 heteroatoms. The zero-order chi connectivity index (χ0) is 16.8. The van der Waals surface area contributed by atoms with Crippen LogP contribution >= 0.6 is 0 Å². The summed E-state index contributed by atoms with van der Waals surface area (Å²) in [4.78, 5) is 2.19. The Morgan fingerprint density at radius 3 is 2.71 bits per heavy atom. The Kier molecular flexibility index (Phi) is 5.83. The molecule has 1 fully saturated rings. The predicted molar refractivity (Wildman–Crippen MR) is 92.8 cm³/mol. The van der Waals surface area contributed by atoms with Crippen LogP contribution in [0.3, 0.4) is 0 Å². The van der Waals surface area contributed by atoms with Crippen LogP contribution in [-0.4, -0.2) is 42.4 Å². The average Bonchev–Trinajstić information content (AvgIpc) is 3.01. The summed E-state index contributed by atoms with van der Waals surface area (Å²) in [6, 6.07) is 14.9. The third-order valence-electron chi connectivity index (χ3n) is 4.46. The maximum atomic E-state index is 13.6. The first-order valence-corrected chi connectivity index (χ1v) is 8.56. The van der Waals surface area contributed by atoms with E-state index in [1.807, 2.05) is 18.2 Å². The molecule has 1 unspecified atom stereocenters. The molecule has 2 aromatic carbocycles. The highest BCUT2D eigenvalue weighted by Gasteiger charge is 2.19. The molecule has 0 aliphatic carbocycles. The molecule has 0 saturated carbocycles. The lowest BCUT2D eigenvalue weighted by Gasteiger charge is -2.17. The number of β-amino-alcohol motifs (C(OH)–C–C–N with tert-alkyl or cyclic N) is 1. The number of benzene rings is 2. The third kappa shape index (κ3) is 4.79. The Morgan fingerprint density at radius 2 is 1.96 bits per heavy atom. The van der Waals surface area contributed by atoms with E-state index in [4.69, 9.17) is 4.74 Å². The lowest BCUT2D eigenvalue weighted by atomic mass is 10.0. The average molecular weight is 329 g/mol. The molecule has 1 aliphatic heterocycles. The molecule has 128 valence electrons. The zero-order valence-corrected chi connectivity index (χ0v) is 13.8. The fourth-order valence-electron chi connectivity index (χ4n) is 3.11. The second kappa shape index (κ2) is 8.27. The molecule has 1 aliphatic rings. The summed E-state index contributed by atoms with van der Waals surface area (Å²) in [6.45, 7) is 2.96. The van der Waals surface area contributed by atoms with Crippen LogP contribution in [0.25, 0.3) is 0 Å². The van der Waals surface area contributed by atoms with Gasteiger partial charge in [-0.2, -0.15) is 0 Å². The van der Waals surface area contributed by atoms with Crippen LogP contribution in [0.4, 0.5) is 4.39 Å². The summed E-state index contributed by atoms with van der Waals surface area (Å²) in [7, 11) is 0. The third-order valence-corrected chi connectivity index (χ3v) is 4.46. The Morgan fingerprint density at radius 1 is 1.12 bits per heavy atom. The molecule has 0 bridgehead atoms. The van der Waals surface area contributed by atoms with Crippen molar-refractivity contribution in [2.75, 3.05) is 26.2 Å². The van der Waals surface area contributed by atoms with E-state index in [1.54, 1.807) is 12.1 Å². The molecule has 0 amide bonds. The van der Waals surface area contributed by atoms with Crippen molar-refractivity contribution in [3.63, 3.8) is 0 Å². The number of nitrogens with zero attached hydrogens (tertiary/aromatic N) is 1. The molecule has 24 heavy (non-hydrogen) atoms. The van der Waals surface area contributed by atoms with Crippen molar-refractivity contribution in [3.8, 4) is 5.75 Å². The minimum Gasteiger partial charge on any atom is -0.492 e. The van der Waals surface area contributed by atoms with E-state index in [9.17, 15) is 9.50 Å². The molecule has 1 saturated heterocycles. The normalized spacial score (nSPS) is 18.0. The first-order chi connectivity index (χ1) is 11.7. The summed E-state index contributed by atoms with van der Waals surface area (Å²) < 4.78 is 19.5. The van der Waals surface area contributed by atoms with Gasteiger partial charge in [-0.05, 0) is 48.6 Å². The van der Waals surface area contributed by atoms with E-state index in [0.29, 0.717) is 13.2 Å². The molecule has 1 heterocycles. The van der Waals surface area contributed by atoms with Gasteiger partial charge in [0, 0.05) is 19.6 Å². The van der Waals surface area contributed by atoms with Crippen molar-refractivity contribution >= 4 is 0 Å². The number of rotatable bonds is 7. The first kappa shape index (κ1) is 16.9. The van der Waals surface area contributed by atoms with E-state index in [1.165, 1.54) is 11.6 Å². The van der Waals surface area contributed by atoms with E-state index in [2.05, 4.69) is 17.0 Å². The summed E-state index contributed by atoms with van der Waals surface area (Å²) in [5, 5.41) is 9.54. The van der Waals surface area contributed by atoms with Crippen LogP contribution in [0.5, 0.6) is 5.75 Å². The fourth-order valence-corrected chi connectivity index (χ4v) is 3.11. The standard InChI is InChI=1S/C20H24FNO2/c21-18-8-9-20(24-13-12-22-11-10-19(23)15-22)17(14-18)7-6-16-4-2-1-3-5-16/h1-5,8-9,14,19,23H,6-7,10-13,15H2. The Hall–Kier alpha value is -1.91. The number of halogens is 1. The molecular formula is C20H24FNO2. The van der Waals surface area contributed by atoms with Gasteiger partial charge in [0.2, 0.25) is 0 Å². The van der Waals surface area contributed by atoms with Gasteiger partial charge < -0.3 is 9.84 Å². The molecule has 3 rings (SSSR count). The number of ether oxygens (including phenoxy) is 1. The van der Waals surface area contributed by atoms with Crippen molar-refractivity contribution in [1.82, 2.24) is 4.90 Å². The minimum absolute atomic E-state index is 0.211. The Bertz CT molecular complexity index is 647. The highest BCUT2D eigenvalue weighted by molar-refractivity contribution is 5.35. The van der Waals surface area contributed by atoms with E-state index < -0.39 is 0 Å². The van der Waals surface area contributed by atoms with Crippen LogP contribution in [0.1, 0.15) is 17.5 Å². The number of aliphatic hydroxyl groups is 1. The lowest BCUT2D eigenvalue weighted by molar-refractivity contribution is 0.167. The molecule has 1 N–H and O–H groups in total. The van der Waals surface area contributed by atoms with Crippen molar-refractivity contribution in [2.45, 2.75) is 25.4 Å². The topological polar surface area (TPSA) is 32.7 Å². The van der Waals surface area contributed by atoms with Crippen LogP contribution in [0.15, 0.2) is 48.5 Å². The SMILES string of the molecule is OC1CCN(CCOc2ccc(F)cc2CCc2ccccc2)C1. The summed E-state index contributed by atoms with van der Waals surface area (Å²) in [6.07, 6.45) is 2.23. The van der Waals surface area contributed by atoms with Crippen LogP contribution in [0, 0.1) is 5.82 Å². The van der Waals surface area contributed by atoms with E-state index >= 15 is 0 Å². The number of likely N-dealkylation sites (tertiary alicyclic amines) is 1. The quantitative estimate of drug-likeness (QED) is 0.847. The number of aliphatic hydroxyl groups excluding tert-OH is 1. The molecule has 3 nitrogen and oxygen atoms in total. The maximum Gasteiger partial charge on any atom is 0.123 e. The van der Waals surface area contributed by atoms with Gasteiger partial charge in [-0.1, -0.05) is 30.3 Å². The van der Waals surface area contributed by atoms with Gasteiger partial charge in [0.1, 0.15) is 18.2 Å². The summed E-state index contributed by atoms with van der Waals surface area (Å²) >= 11 is 0. The van der Waals surface area contributed by atoms with Crippen molar-refractivity contribution in [1.29, 1.82) is 0 Å². The highest BCUT2D eigenvalue weighted by atomic mass is 19.1. The largest absolute Gasteiger partial charge is 0.492 e. The van der Waals surface area contributed by atoms with Gasteiger partial charge in [-0.3, -0.25) is 4.90 Å². The Labute approximate surface area is 142 Å². The van der Waals surface area contributed by atoms with E-state index in [-0.39, 0.29) is 11.9 Å². The number of aryl methyl sites for hydroxylation is 2. The van der Waals surface area contributed by atoms with Crippen LogP contribution < -0.4 is 4.74 Å². The lowest BCUT2D eigenvalue weighted by Crippen LogP contribution is -2.27. The molecule has 2 aromatic rings. The van der Waals surface area contributed by atoms with Gasteiger partial charge >= 0.3 is 0 Å². The smallest absolute Gasteiger partial charge is 0.123 e. The molecule has 0 spiro atoms. The second-order valence-corrected chi connectivity index (χ2v) is 6.33. The monoisotopic (exact) mass is 329 g/mol. The predicted octanol–water partition coefficient (Wildman–Crippen LogP) is 3.06. The summed E-state index contributed by atoms with van der Waals surface area (Å²) in [5.74, 6) is 0.528. The number of hydrogen-bond donors (Lipinski definition) is 1. The van der Waals surface area contributed by atoms with Gasteiger partial charge in [0.05, 0.1) is 6.10 Å². The summed E-state index contributed by atoms with van der Waals surface area (Å²) in [5.41, 5.74) is 2.14. The van der Waals surface area contributed by atoms with Crippen LogP contribution in [-0.2, 0) is 12.8 Å². The van der Waals surface area contributed by atoms with Crippen molar-refractivity contribution in [2.24, 2.45) is 0 Å². The van der Waals surface area contributed by atoms with Gasteiger partial charge in [0.15, 0.2) is 0 Å². The molecule has 0 aromatic heterocycles. The van der Waals surface area contributed by atoms with Crippen molar-refractivity contribution in [3.05, 3.63) is 65.5 Å². The van der Waals surface area contributed by atoms with Gasteiger partial charge in [-0.15, -0.1) is 0 Å². The van der Waals surface area contributed by atoms with Gasteiger partial charge in [0.25, 0.3) is 0 Å². The van der Waals surface area contributed by atoms with E-state index in [0.717, 1.165) is 43.7 Å².